The van der Waals surface area contributed by atoms with Gasteiger partial charge in [0, 0.05) is 31.1 Å². The van der Waals surface area contributed by atoms with E-state index in [9.17, 15) is 9.59 Å². The Morgan fingerprint density at radius 1 is 1.28 bits per heavy atom. The number of anilines is 2. The number of nitrogens with zero attached hydrogens (tertiary/aromatic N) is 1. The van der Waals surface area contributed by atoms with Gasteiger partial charge in [-0.2, -0.15) is 0 Å². The van der Waals surface area contributed by atoms with Crippen molar-refractivity contribution in [3.05, 3.63) is 23.8 Å². The molecule has 2 rings (SSSR count). The van der Waals surface area contributed by atoms with Crippen molar-refractivity contribution in [3.8, 4) is 0 Å². The number of urea groups is 1. The number of benzene rings is 1. The Morgan fingerprint density at radius 3 is 2.60 bits per heavy atom. The quantitative estimate of drug-likeness (QED) is 0.822. The smallest absolute Gasteiger partial charge is 0.411 e. The lowest BCUT2D eigenvalue weighted by Gasteiger charge is -2.25. The molecular weight excluding hydrogens is 322 g/mol. The first-order valence-electron chi connectivity index (χ1n) is 8.76. The van der Waals surface area contributed by atoms with Gasteiger partial charge in [-0.3, -0.25) is 5.32 Å². The highest BCUT2D eigenvalue weighted by Crippen LogP contribution is 2.24. The molecule has 3 amide bonds. The highest BCUT2D eigenvalue weighted by Gasteiger charge is 2.22. The van der Waals surface area contributed by atoms with Crippen LogP contribution in [0.3, 0.4) is 0 Å². The lowest BCUT2D eigenvalue weighted by molar-refractivity contribution is 0.0849. The maximum absolute atomic E-state index is 12.6. The molecule has 0 aliphatic carbocycles. The van der Waals surface area contributed by atoms with Crippen LogP contribution in [0.2, 0.25) is 0 Å². The molecule has 7 nitrogen and oxygen atoms in total. The predicted molar refractivity (Wildman–Crippen MR) is 97.1 cm³/mol. The summed E-state index contributed by atoms with van der Waals surface area (Å²) in [6.45, 7) is 7.79. The first kappa shape index (κ1) is 19.1. The van der Waals surface area contributed by atoms with Crippen LogP contribution in [0.25, 0.3) is 0 Å². The van der Waals surface area contributed by atoms with Gasteiger partial charge in [-0.05, 0) is 51.3 Å². The van der Waals surface area contributed by atoms with E-state index in [-0.39, 0.29) is 12.1 Å². The van der Waals surface area contributed by atoms with Crippen molar-refractivity contribution in [2.45, 2.75) is 39.7 Å². The number of nitrogens with one attached hydrogen (secondary N) is 2. The molecule has 0 radical (unpaired) electrons. The van der Waals surface area contributed by atoms with E-state index in [0.717, 1.165) is 25.0 Å². The summed E-state index contributed by atoms with van der Waals surface area (Å²) in [7, 11) is 0. The second-order valence-electron chi connectivity index (χ2n) is 5.93. The van der Waals surface area contributed by atoms with Crippen LogP contribution >= 0.6 is 0 Å². The standard InChI is InChI=1S/C18H27N3O4/c1-4-21(12-14-8-7-11-25-14)17(22)19-15-9-6-10-16(13(15)3)20-18(23)24-5-2/h6,9-10,14H,4-5,7-8,11-12H2,1-3H3,(H,19,22)(H,20,23)/t14-/m0/s1. The molecule has 0 saturated carbocycles. The average Bonchev–Trinajstić information content (AvgIpc) is 3.09. The van der Waals surface area contributed by atoms with Crippen LogP contribution in [0.15, 0.2) is 18.2 Å². The van der Waals surface area contributed by atoms with Crippen LogP contribution in [0.1, 0.15) is 32.3 Å². The topological polar surface area (TPSA) is 79.9 Å². The summed E-state index contributed by atoms with van der Waals surface area (Å²) >= 11 is 0. The molecule has 1 fully saturated rings. The number of amides is 3. The molecule has 0 unspecified atom stereocenters. The van der Waals surface area contributed by atoms with E-state index in [0.29, 0.717) is 31.1 Å². The molecular formula is C18H27N3O4. The molecule has 1 aromatic rings. The second-order valence-corrected chi connectivity index (χ2v) is 5.93. The van der Waals surface area contributed by atoms with Crippen molar-refractivity contribution in [3.63, 3.8) is 0 Å². The van der Waals surface area contributed by atoms with Crippen LogP contribution in [0.5, 0.6) is 0 Å². The van der Waals surface area contributed by atoms with Gasteiger partial charge < -0.3 is 19.7 Å². The molecule has 0 spiro atoms. The van der Waals surface area contributed by atoms with Crippen molar-refractivity contribution >= 4 is 23.5 Å². The van der Waals surface area contributed by atoms with E-state index in [2.05, 4.69) is 10.6 Å². The van der Waals surface area contributed by atoms with E-state index in [1.807, 2.05) is 19.9 Å². The van der Waals surface area contributed by atoms with Crippen molar-refractivity contribution < 1.29 is 19.1 Å². The lowest BCUT2D eigenvalue weighted by atomic mass is 10.1. The zero-order chi connectivity index (χ0) is 18.2. The minimum Gasteiger partial charge on any atom is -0.450 e. The number of likely N-dealkylation sites (N-methyl/N-ethyl adjacent to an activating group) is 1. The molecule has 0 aromatic heterocycles. The number of carbonyl (C=O) groups is 2. The maximum atomic E-state index is 12.6. The first-order chi connectivity index (χ1) is 12.0. The molecule has 1 heterocycles. The molecule has 25 heavy (non-hydrogen) atoms. The number of ether oxygens (including phenoxy) is 2. The van der Waals surface area contributed by atoms with Crippen LogP contribution < -0.4 is 10.6 Å². The maximum Gasteiger partial charge on any atom is 0.411 e. The minimum atomic E-state index is -0.511. The Labute approximate surface area is 148 Å². The van der Waals surface area contributed by atoms with E-state index in [4.69, 9.17) is 9.47 Å². The number of hydrogen-bond donors (Lipinski definition) is 2. The summed E-state index contributed by atoms with van der Waals surface area (Å²) in [6.07, 6.45) is 1.64. The van der Waals surface area contributed by atoms with E-state index < -0.39 is 6.09 Å². The Kier molecular flexibility index (Phi) is 7.06. The van der Waals surface area contributed by atoms with Crippen LogP contribution in [0.4, 0.5) is 21.0 Å². The third-order valence-corrected chi connectivity index (χ3v) is 4.20. The van der Waals surface area contributed by atoms with Crippen LogP contribution in [-0.4, -0.2) is 49.4 Å². The normalized spacial score (nSPS) is 16.4. The fraction of sp³-hybridized carbons (Fsp3) is 0.556. The summed E-state index contributed by atoms with van der Waals surface area (Å²) in [5.74, 6) is 0. The predicted octanol–water partition coefficient (Wildman–Crippen LogP) is 3.60. The first-order valence-corrected chi connectivity index (χ1v) is 8.76. The molecule has 1 aromatic carbocycles. The summed E-state index contributed by atoms with van der Waals surface area (Å²) in [5, 5.41) is 5.60. The summed E-state index contributed by atoms with van der Waals surface area (Å²) in [4.78, 5) is 25.9. The summed E-state index contributed by atoms with van der Waals surface area (Å²) < 4.78 is 10.5. The molecule has 0 bridgehead atoms. The van der Waals surface area contributed by atoms with Crippen molar-refractivity contribution in [2.75, 3.05) is 36.9 Å². The van der Waals surface area contributed by atoms with Crippen LogP contribution in [0, 0.1) is 6.92 Å². The fourth-order valence-electron chi connectivity index (χ4n) is 2.77. The minimum absolute atomic E-state index is 0.114. The molecule has 138 valence electrons. The van der Waals surface area contributed by atoms with Gasteiger partial charge in [-0.25, -0.2) is 9.59 Å². The van der Waals surface area contributed by atoms with E-state index in [1.165, 1.54) is 0 Å². The highest BCUT2D eigenvalue weighted by atomic mass is 16.5. The van der Waals surface area contributed by atoms with Gasteiger partial charge in [0.05, 0.1) is 12.7 Å². The van der Waals surface area contributed by atoms with E-state index >= 15 is 0 Å². The largest absolute Gasteiger partial charge is 0.450 e. The zero-order valence-corrected chi connectivity index (χ0v) is 15.1. The Balaban J connectivity index is 2.02. The molecule has 1 atom stereocenters. The monoisotopic (exact) mass is 349 g/mol. The second kappa shape index (κ2) is 9.27. The average molecular weight is 349 g/mol. The van der Waals surface area contributed by atoms with Crippen molar-refractivity contribution in [2.24, 2.45) is 0 Å². The molecule has 7 heteroatoms. The highest BCUT2D eigenvalue weighted by molar-refractivity contribution is 5.93. The Morgan fingerprint density at radius 2 is 2.00 bits per heavy atom. The van der Waals surface area contributed by atoms with Gasteiger partial charge in [-0.15, -0.1) is 0 Å². The molecule has 1 aliphatic rings. The fourth-order valence-corrected chi connectivity index (χ4v) is 2.77. The van der Waals surface area contributed by atoms with Gasteiger partial charge >= 0.3 is 12.1 Å². The Bertz CT molecular complexity index is 600. The van der Waals surface area contributed by atoms with Crippen molar-refractivity contribution in [1.29, 1.82) is 0 Å². The van der Waals surface area contributed by atoms with E-state index in [1.54, 1.807) is 24.0 Å². The van der Waals surface area contributed by atoms with Gasteiger partial charge in [0.2, 0.25) is 0 Å². The number of rotatable bonds is 6. The third kappa shape index (κ3) is 5.35. The lowest BCUT2D eigenvalue weighted by Crippen LogP contribution is -2.40. The third-order valence-electron chi connectivity index (χ3n) is 4.20. The number of hydrogen-bond acceptors (Lipinski definition) is 4. The van der Waals surface area contributed by atoms with Gasteiger partial charge in [0.15, 0.2) is 0 Å². The molecule has 2 N–H and O–H groups in total. The van der Waals surface area contributed by atoms with Crippen molar-refractivity contribution in [1.82, 2.24) is 4.90 Å². The molecule has 1 saturated heterocycles. The van der Waals surface area contributed by atoms with Gasteiger partial charge in [0.1, 0.15) is 0 Å². The zero-order valence-electron chi connectivity index (χ0n) is 15.1. The summed E-state index contributed by atoms with van der Waals surface area (Å²) in [6, 6.07) is 5.19. The SMILES string of the molecule is CCOC(=O)Nc1cccc(NC(=O)N(CC)C[C@@H]2CCCO2)c1C. The summed E-state index contributed by atoms with van der Waals surface area (Å²) in [5.41, 5.74) is 2.04. The van der Waals surface area contributed by atoms with Crippen LogP contribution in [-0.2, 0) is 9.47 Å². The molecule has 1 aliphatic heterocycles. The van der Waals surface area contributed by atoms with Gasteiger partial charge in [0.25, 0.3) is 0 Å². The Hall–Kier alpha value is -2.28. The number of carbonyl (C=O) groups excluding carboxylic acids is 2. The van der Waals surface area contributed by atoms with Gasteiger partial charge in [-0.1, -0.05) is 6.07 Å².